The maximum atomic E-state index is 13.4. The summed E-state index contributed by atoms with van der Waals surface area (Å²) in [5, 5.41) is 2.83. The molecule has 4 heteroatoms. The van der Waals surface area contributed by atoms with E-state index in [0.717, 1.165) is 17.7 Å². The van der Waals surface area contributed by atoms with Crippen LogP contribution in [-0.2, 0) is 4.79 Å². The summed E-state index contributed by atoms with van der Waals surface area (Å²) in [6, 6.07) is 13.7. The lowest BCUT2D eigenvalue weighted by Crippen LogP contribution is -2.21. The second-order valence-corrected chi connectivity index (χ2v) is 5.16. The zero-order valence-electron chi connectivity index (χ0n) is 12.8. The van der Waals surface area contributed by atoms with Gasteiger partial charge in [-0.15, -0.1) is 0 Å². The first-order valence-corrected chi connectivity index (χ1v) is 7.38. The van der Waals surface area contributed by atoms with E-state index in [1.165, 1.54) is 12.1 Å². The van der Waals surface area contributed by atoms with Crippen molar-refractivity contribution in [2.24, 2.45) is 0 Å². The van der Waals surface area contributed by atoms with Gasteiger partial charge in [-0.25, -0.2) is 4.39 Å². The summed E-state index contributed by atoms with van der Waals surface area (Å²) in [7, 11) is 0. The first-order chi connectivity index (χ1) is 10.6. The van der Waals surface area contributed by atoms with Crippen molar-refractivity contribution in [1.82, 2.24) is 0 Å². The zero-order valence-corrected chi connectivity index (χ0v) is 12.8. The van der Waals surface area contributed by atoms with Crippen LogP contribution in [0.4, 0.5) is 10.1 Å². The maximum Gasteiger partial charge on any atom is 0.262 e. The highest BCUT2D eigenvalue weighted by Crippen LogP contribution is 2.26. The van der Waals surface area contributed by atoms with Crippen molar-refractivity contribution < 1.29 is 13.9 Å². The summed E-state index contributed by atoms with van der Waals surface area (Å²) < 4.78 is 18.6. The van der Waals surface area contributed by atoms with Gasteiger partial charge in [0.15, 0.2) is 18.2 Å². The van der Waals surface area contributed by atoms with E-state index in [0.29, 0.717) is 5.92 Å². The summed E-state index contributed by atoms with van der Waals surface area (Å²) >= 11 is 0. The number of ether oxygens (including phenoxy) is 1. The molecule has 0 aliphatic heterocycles. The van der Waals surface area contributed by atoms with Gasteiger partial charge in [-0.2, -0.15) is 0 Å². The lowest BCUT2D eigenvalue weighted by Gasteiger charge is -2.15. The highest BCUT2D eigenvalue weighted by atomic mass is 19.1. The van der Waals surface area contributed by atoms with Gasteiger partial charge >= 0.3 is 0 Å². The molecule has 2 aromatic carbocycles. The molecule has 2 aromatic rings. The molecular weight excluding hydrogens is 281 g/mol. The van der Waals surface area contributed by atoms with Gasteiger partial charge in [-0.3, -0.25) is 4.79 Å². The second-order valence-electron chi connectivity index (χ2n) is 5.16. The summed E-state index contributed by atoms with van der Waals surface area (Å²) in [5.41, 5.74) is 1.86. The molecule has 1 atom stereocenters. The summed E-state index contributed by atoms with van der Waals surface area (Å²) in [6.45, 7) is 3.99. The van der Waals surface area contributed by atoms with E-state index < -0.39 is 5.82 Å². The third kappa shape index (κ3) is 4.07. The number of carbonyl (C=O) groups is 1. The molecule has 0 unspecified atom stereocenters. The van der Waals surface area contributed by atoms with Crippen molar-refractivity contribution in [2.45, 2.75) is 26.2 Å². The predicted molar refractivity (Wildman–Crippen MR) is 85.7 cm³/mol. The van der Waals surface area contributed by atoms with Crippen LogP contribution in [0.25, 0.3) is 0 Å². The molecule has 22 heavy (non-hydrogen) atoms. The Kier molecular flexibility index (Phi) is 5.53. The fourth-order valence-corrected chi connectivity index (χ4v) is 2.15. The van der Waals surface area contributed by atoms with Gasteiger partial charge < -0.3 is 10.1 Å². The molecule has 3 nitrogen and oxygen atoms in total. The Bertz CT molecular complexity index is 642. The van der Waals surface area contributed by atoms with E-state index in [4.69, 9.17) is 4.74 Å². The molecule has 0 spiro atoms. The molecule has 0 fully saturated rings. The number of hydrogen-bond donors (Lipinski definition) is 1. The Hall–Kier alpha value is -2.36. The van der Waals surface area contributed by atoms with E-state index >= 15 is 0 Å². The highest BCUT2D eigenvalue weighted by Gasteiger charge is 2.12. The van der Waals surface area contributed by atoms with Crippen molar-refractivity contribution in [3.63, 3.8) is 0 Å². The smallest absolute Gasteiger partial charge is 0.262 e. The third-order valence-corrected chi connectivity index (χ3v) is 3.57. The summed E-state index contributed by atoms with van der Waals surface area (Å²) in [5.74, 6) is -0.355. The molecule has 0 radical (unpaired) electrons. The topological polar surface area (TPSA) is 38.3 Å². The third-order valence-electron chi connectivity index (χ3n) is 3.57. The van der Waals surface area contributed by atoms with E-state index in [1.807, 2.05) is 24.3 Å². The fraction of sp³-hybridized carbons (Fsp3) is 0.278. The number of rotatable bonds is 6. The fourth-order valence-electron chi connectivity index (χ4n) is 2.15. The van der Waals surface area contributed by atoms with Crippen LogP contribution in [0.5, 0.6) is 5.75 Å². The van der Waals surface area contributed by atoms with Gasteiger partial charge in [0, 0.05) is 5.69 Å². The molecule has 0 aromatic heterocycles. The molecule has 0 heterocycles. The van der Waals surface area contributed by atoms with Crippen LogP contribution in [0.3, 0.4) is 0 Å². The predicted octanol–water partition coefficient (Wildman–Crippen LogP) is 4.36. The van der Waals surface area contributed by atoms with E-state index in [2.05, 4.69) is 19.2 Å². The summed E-state index contributed by atoms with van der Waals surface area (Å²) in [4.78, 5) is 12.0. The van der Waals surface area contributed by atoms with Crippen molar-refractivity contribution in [3.8, 4) is 5.75 Å². The number of para-hydroxylation sites is 2. The van der Waals surface area contributed by atoms with Crippen LogP contribution in [0.2, 0.25) is 0 Å². The minimum atomic E-state index is -0.477. The van der Waals surface area contributed by atoms with Crippen molar-refractivity contribution in [2.75, 3.05) is 11.9 Å². The Balaban J connectivity index is 1.99. The molecule has 0 saturated carbocycles. The molecular formula is C18H20FNO2. The largest absolute Gasteiger partial charge is 0.481 e. The second kappa shape index (κ2) is 7.59. The van der Waals surface area contributed by atoms with E-state index in [1.54, 1.807) is 12.1 Å². The normalized spacial score (nSPS) is 11.8. The highest BCUT2D eigenvalue weighted by molar-refractivity contribution is 5.92. The maximum absolute atomic E-state index is 13.4. The van der Waals surface area contributed by atoms with Crippen molar-refractivity contribution in [3.05, 3.63) is 59.9 Å². The lowest BCUT2D eigenvalue weighted by molar-refractivity contribution is -0.118. The number of nitrogens with one attached hydrogen (secondary N) is 1. The first-order valence-electron chi connectivity index (χ1n) is 7.38. The Morgan fingerprint density at radius 2 is 1.86 bits per heavy atom. The molecule has 0 aliphatic carbocycles. The summed E-state index contributed by atoms with van der Waals surface area (Å²) in [6.07, 6.45) is 0.985. The van der Waals surface area contributed by atoms with E-state index in [9.17, 15) is 9.18 Å². The Morgan fingerprint density at radius 1 is 1.18 bits per heavy atom. The molecule has 116 valence electrons. The van der Waals surface area contributed by atoms with Gasteiger partial charge in [0.2, 0.25) is 0 Å². The van der Waals surface area contributed by atoms with Gasteiger partial charge in [0.25, 0.3) is 5.91 Å². The van der Waals surface area contributed by atoms with Crippen molar-refractivity contribution in [1.29, 1.82) is 0 Å². The van der Waals surface area contributed by atoms with Crippen LogP contribution in [0.15, 0.2) is 48.5 Å². The molecule has 0 aliphatic rings. The minimum Gasteiger partial charge on any atom is -0.481 e. The number of halogens is 1. The van der Waals surface area contributed by atoms with Crippen molar-refractivity contribution >= 4 is 11.6 Å². The van der Waals surface area contributed by atoms with E-state index in [-0.39, 0.29) is 18.3 Å². The quantitative estimate of drug-likeness (QED) is 0.861. The number of benzene rings is 2. The van der Waals surface area contributed by atoms with Gasteiger partial charge in [-0.05, 0) is 36.1 Å². The van der Waals surface area contributed by atoms with Gasteiger partial charge in [-0.1, -0.05) is 44.2 Å². The average Bonchev–Trinajstić information content (AvgIpc) is 2.54. The molecule has 1 amide bonds. The molecule has 0 bridgehead atoms. The number of carbonyl (C=O) groups excluding carboxylic acids is 1. The number of amides is 1. The average molecular weight is 301 g/mol. The Morgan fingerprint density at radius 3 is 2.59 bits per heavy atom. The SMILES string of the molecule is CC[C@@H](C)c1ccccc1NC(=O)COc1ccccc1F. The number of hydrogen-bond acceptors (Lipinski definition) is 2. The standard InChI is InChI=1S/C18H20FNO2/c1-3-13(2)14-8-4-6-10-16(14)20-18(21)12-22-17-11-7-5-9-15(17)19/h4-11,13H,3,12H2,1-2H3,(H,20,21)/t13-/m1/s1. The van der Waals surface area contributed by atoms with Crippen LogP contribution in [0, 0.1) is 5.82 Å². The minimum absolute atomic E-state index is 0.0767. The van der Waals surface area contributed by atoms with Crippen LogP contribution in [0.1, 0.15) is 31.7 Å². The van der Waals surface area contributed by atoms with Gasteiger partial charge in [0.05, 0.1) is 0 Å². The lowest BCUT2D eigenvalue weighted by atomic mass is 9.97. The number of anilines is 1. The first kappa shape index (κ1) is 16.0. The van der Waals surface area contributed by atoms with Crippen LogP contribution >= 0.6 is 0 Å². The van der Waals surface area contributed by atoms with Crippen LogP contribution in [-0.4, -0.2) is 12.5 Å². The molecule has 0 saturated heterocycles. The monoisotopic (exact) mass is 301 g/mol. The molecule has 1 N–H and O–H groups in total. The molecule has 2 rings (SSSR count). The zero-order chi connectivity index (χ0) is 15.9. The Labute approximate surface area is 130 Å². The van der Waals surface area contributed by atoms with Crippen LogP contribution < -0.4 is 10.1 Å². The van der Waals surface area contributed by atoms with Gasteiger partial charge in [0.1, 0.15) is 0 Å².